The van der Waals surface area contributed by atoms with Crippen LogP contribution in [-0.2, 0) is 11.4 Å². The minimum Gasteiger partial charge on any atom is -0.493 e. The normalized spacial score (nSPS) is 10.9. The summed E-state index contributed by atoms with van der Waals surface area (Å²) in [7, 11) is 1.57. The summed E-state index contributed by atoms with van der Waals surface area (Å²) in [6.45, 7) is 2.27. The molecule has 1 amide bonds. The lowest BCUT2D eigenvalue weighted by atomic mass is 10.1. The molecule has 0 fully saturated rings. The van der Waals surface area contributed by atoms with Crippen LogP contribution in [-0.4, -0.2) is 30.8 Å². The van der Waals surface area contributed by atoms with Gasteiger partial charge < -0.3 is 14.2 Å². The van der Waals surface area contributed by atoms with E-state index in [1.165, 1.54) is 11.8 Å². The van der Waals surface area contributed by atoms with Crippen molar-refractivity contribution in [3.8, 4) is 17.2 Å². The highest BCUT2D eigenvalue weighted by atomic mass is 79.9. The molecule has 178 valence electrons. The number of hydrogen-bond acceptors (Lipinski definition) is 6. The topological polar surface area (TPSA) is 82.0 Å². The first-order valence-corrected chi connectivity index (χ1v) is 11.7. The predicted molar refractivity (Wildman–Crippen MR) is 139 cm³/mol. The van der Waals surface area contributed by atoms with Crippen LogP contribution in [0.4, 0.5) is 0 Å². The highest BCUT2D eigenvalue weighted by molar-refractivity contribution is 9.10. The molecule has 0 unspecified atom stereocenters. The van der Waals surface area contributed by atoms with Gasteiger partial charge in [0.1, 0.15) is 17.9 Å². The first-order chi connectivity index (χ1) is 17.0. The Hall–Kier alpha value is -3.91. The van der Waals surface area contributed by atoms with Crippen molar-refractivity contribution in [3.63, 3.8) is 0 Å². The highest BCUT2D eigenvalue weighted by Crippen LogP contribution is 2.33. The van der Waals surface area contributed by atoms with Gasteiger partial charge in [0.05, 0.1) is 13.3 Å². The molecule has 1 N–H and O–H groups in total. The van der Waals surface area contributed by atoms with Gasteiger partial charge in [-0.05, 0) is 52.7 Å². The van der Waals surface area contributed by atoms with Crippen LogP contribution in [0, 0.1) is 6.92 Å². The van der Waals surface area contributed by atoms with Crippen molar-refractivity contribution in [1.29, 1.82) is 0 Å². The van der Waals surface area contributed by atoms with Crippen LogP contribution in [0.5, 0.6) is 17.2 Å². The fourth-order valence-corrected chi connectivity index (χ4v) is 3.85. The van der Waals surface area contributed by atoms with E-state index in [0.717, 1.165) is 15.4 Å². The number of pyridine rings is 1. The van der Waals surface area contributed by atoms with Gasteiger partial charge in [-0.3, -0.25) is 9.78 Å². The minimum absolute atomic E-state index is 0.191. The van der Waals surface area contributed by atoms with Crippen LogP contribution in [0.15, 0.2) is 82.5 Å². The number of nitrogens with zero attached hydrogens (tertiary/aromatic N) is 2. The van der Waals surface area contributed by atoms with E-state index in [4.69, 9.17) is 14.2 Å². The number of amides is 1. The van der Waals surface area contributed by atoms with Crippen molar-refractivity contribution in [2.45, 2.75) is 13.5 Å². The van der Waals surface area contributed by atoms with Crippen molar-refractivity contribution in [2.75, 3.05) is 13.7 Å². The van der Waals surface area contributed by atoms with Gasteiger partial charge in [-0.1, -0.05) is 48.0 Å². The lowest BCUT2D eigenvalue weighted by Crippen LogP contribution is -2.24. The van der Waals surface area contributed by atoms with Gasteiger partial charge in [0, 0.05) is 21.6 Å². The van der Waals surface area contributed by atoms with Gasteiger partial charge in [0.25, 0.3) is 5.91 Å². The van der Waals surface area contributed by atoms with E-state index in [-0.39, 0.29) is 6.61 Å². The molecule has 0 saturated heterocycles. The predicted octanol–water partition coefficient (Wildman–Crippen LogP) is 5.42. The Bertz CT molecular complexity index is 1370. The number of hydrogen-bond donors (Lipinski definition) is 1. The molecule has 0 spiro atoms. The summed E-state index contributed by atoms with van der Waals surface area (Å²) in [4.78, 5) is 16.5. The van der Waals surface area contributed by atoms with E-state index < -0.39 is 5.91 Å². The second-order valence-electron chi connectivity index (χ2n) is 7.72. The van der Waals surface area contributed by atoms with E-state index in [0.29, 0.717) is 34.9 Å². The maximum Gasteiger partial charge on any atom is 0.277 e. The molecule has 8 heteroatoms. The van der Waals surface area contributed by atoms with Crippen molar-refractivity contribution < 1.29 is 19.0 Å². The molecule has 0 aliphatic rings. The molecule has 0 aliphatic heterocycles. The molecule has 0 bridgehead atoms. The van der Waals surface area contributed by atoms with Crippen LogP contribution in [0.1, 0.15) is 16.7 Å². The number of carbonyl (C=O) groups excluding carboxylic acids is 1. The Morgan fingerprint density at radius 2 is 1.86 bits per heavy atom. The smallest absolute Gasteiger partial charge is 0.277 e. The summed E-state index contributed by atoms with van der Waals surface area (Å²) in [6, 6.07) is 21.1. The minimum atomic E-state index is -0.393. The van der Waals surface area contributed by atoms with Gasteiger partial charge >= 0.3 is 0 Å². The number of benzene rings is 3. The highest BCUT2D eigenvalue weighted by Gasteiger charge is 2.11. The first-order valence-electron chi connectivity index (χ1n) is 10.9. The fraction of sp³-hybridized carbons (Fsp3) is 0.148. The zero-order valence-electron chi connectivity index (χ0n) is 19.3. The fourth-order valence-electron chi connectivity index (χ4n) is 3.43. The molecule has 1 aromatic heterocycles. The lowest BCUT2D eigenvalue weighted by molar-refractivity contribution is -0.123. The molecular formula is C27H24BrN3O4. The summed E-state index contributed by atoms with van der Waals surface area (Å²) in [6.07, 6.45) is 3.21. The Kier molecular flexibility index (Phi) is 7.95. The lowest BCUT2D eigenvalue weighted by Gasteiger charge is -2.13. The molecule has 0 atom stereocenters. The largest absolute Gasteiger partial charge is 0.493 e. The number of halogens is 1. The van der Waals surface area contributed by atoms with Crippen LogP contribution in [0.25, 0.3) is 10.9 Å². The summed E-state index contributed by atoms with van der Waals surface area (Å²) < 4.78 is 17.8. The molecule has 3 aromatic carbocycles. The number of rotatable bonds is 9. The number of aromatic nitrogens is 1. The SMILES string of the molecule is COc1cc(/C=N/NC(=O)COc2cccc3cccnc23)c(Br)cc1OCc1cccc(C)c1. The van der Waals surface area contributed by atoms with Gasteiger partial charge in [-0.25, -0.2) is 5.43 Å². The second-order valence-corrected chi connectivity index (χ2v) is 8.57. The number of ether oxygens (including phenoxy) is 3. The number of methoxy groups -OCH3 is 1. The van der Waals surface area contributed by atoms with E-state index in [1.807, 2.05) is 55.5 Å². The van der Waals surface area contributed by atoms with Crippen molar-refractivity contribution in [1.82, 2.24) is 10.4 Å². The maximum atomic E-state index is 12.2. The molecule has 4 aromatic rings. The first kappa shape index (κ1) is 24.2. The number of para-hydroxylation sites is 1. The van der Waals surface area contributed by atoms with Crippen molar-refractivity contribution in [2.24, 2.45) is 5.10 Å². The third-order valence-corrected chi connectivity index (χ3v) is 5.79. The summed E-state index contributed by atoms with van der Waals surface area (Å²) in [5, 5.41) is 4.98. The third-order valence-electron chi connectivity index (χ3n) is 5.11. The summed E-state index contributed by atoms with van der Waals surface area (Å²) in [5.74, 6) is 1.30. The quantitative estimate of drug-likeness (QED) is 0.229. The van der Waals surface area contributed by atoms with Crippen LogP contribution < -0.4 is 19.6 Å². The van der Waals surface area contributed by atoms with Crippen molar-refractivity contribution >= 4 is 39.0 Å². The zero-order valence-corrected chi connectivity index (χ0v) is 20.9. The number of aryl methyl sites for hydroxylation is 1. The molecule has 35 heavy (non-hydrogen) atoms. The Balaban J connectivity index is 1.36. The van der Waals surface area contributed by atoms with Gasteiger partial charge in [0.15, 0.2) is 18.1 Å². The number of carbonyl (C=O) groups is 1. The Morgan fingerprint density at radius 1 is 1.03 bits per heavy atom. The Morgan fingerprint density at radius 3 is 2.69 bits per heavy atom. The van der Waals surface area contributed by atoms with Gasteiger partial charge in [0.2, 0.25) is 0 Å². The summed E-state index contributed by atoms with van der Waals surface area (Å²) >= 11 is 3.53. The molecule has 1 heterocycles. The van der Waals surface area contributed by atoms with Crippen LogP contribution >= 0.6 is 15.9 Å². The number of fused-ring (bicyclic) bond motifs is 1. The zero-order chi connectivity index (χ0) is 24.6. The second kappa shape index (κ2) is 11.5. The van der Waals surface area contributed by atoms with Gasteiger partial charge in [-0.2, -0.15) is 5.10 Å². The molecule has 0 aliphatic carbocycles. The van der Waals surface area contributed by atoms with Crippen molar-refractivity contribution in [3.05, 3.63) is 94.1 Å². The summed E-state index contributed by atoms with van der Waals surface area (Å²) in [5.41, 5.74) is 6.13. The molecule has 0 radical (unpaired) electrons. The molecular weight excluding hydrogens is 510 g/mol. The Labute approximate surface area is 211 Å². The molecule has 0 saturated carbocycles. The standard InChI is InChI=1S/C27H24BrN3O4/c1-18-6-3-7-19(12-18)16-34-25-14-22(28)21(13-24(25)33-2)15-30-31-26(32)17-35-23-10-4-8-20-9-5-11-29-27(20)23/h3-15H,16-17H2,1-2H3,(H,31,32)/b30-15+. The van der Waals surface area contributed by atoms with Gasteiger partial charge in [-0.15, -0.1) is 0 Å². The number of nitrogens with one attached hydrogen (secondary N) is 1. The van der Waals surface area contributed by atoms with E-state index in [2.05, 4.69) is 37.5 Å². The average Bonchev–Trinajstić information content (AvgIpc) is 2.87. The number of hydrazone groups is 1. The van der Waals surface area contributed by atoms with Crippen LogP contribution in [0.3, 0.4) is 0 Å². The third kappa shape index (κ3) is 6.36. The molecule has 4 rings (SSSR count). The molecule has 7 nitrogen and oxygen atoms in total. The van der Waals surface area contributed by atoms with E-state index in [1.54, 1.807) is 25.4 Å². The van der Waals surface area contributed by atoms with E-state index in [9.17, 15) is 4.79 Å². The average molecular weight is 534 g/mol. The monoisotopic (exact) mass is 533 g/mol. The maximum absolute atomic E-state index is 12.2. The van der Waals surface area contributed by atoms with E-state index >= 15 is 0 Å². The van der Waals surface area contributed by atoms with Crippen LogP contribution in [0.2, 0.25) is 0 Å².